The summed E-state index contributed by atoms with van der Waals surface area (Å²) in [5, 5.41) is 6.21. The van der Waals surface area contributed by atoms with Crippen LogP contribution in [0.25, 0.3) is 0 Å². The van der Waals surface area contributed by atoms with E-state index in [1.807, 2.05) is 11.0 Å². The Balaban J connectivity index is 1.65. The van der Waals surface area contributed by atoms with E-state index < -0.39 is 0 Å². The van der Waals surface area contributed by atoms with Crippen LogP contribution in [0.4, 0.5) is 4.79 Å². The molecular weight excluding hydrogens is 226 g/mol. The summed E-state index contributed by atoms with van der Waals surface area (Å²) < 4.78 is 0. The van der Waals surface area contributed by atoms with Crippen LogP contribution in [0, 0.1) is 0 Å². The number of amides is 2. The van der Waals surface area contributed by atoms with Crippen molar-refractivity contribution in [2.24, 2.45) is 0 Å². The Morgan fingerprint density at radius 2 is 2.17 bits per heavy atom. The van der Waals surface area contributed by atoms with Gasteiger partial charge < -0.3 is 15.5 Å². The quantitative estimate of drug-likeness (QED) is 0.746. The Labute approximate surface area is 108 Å². The number of nitrogens with one attached hydrogen (secondary N) is 2. The topological polar surface area (TPSA) is 44.4 Å². The summed E-state index contributed by atoms with van der Waals surface area (Å²) in [5.41, 5.74) is 1.35. The van der Waals surface area contributed by atoms with Gasteiger partial charge in [0.25, 0.3) is 0 Å². The number of benzene rings is 1. The van der Waals surface area contributed by atoms with Crippen molar-refractivity contribution in [3.8, 4) is 0 Å². The molecule has 1 saturated heterocycles. The van der Waals surface area contributed by atoms with E-state index >= 15 is 0 Å². The van der Waals surface area contributed by atoms with Crippen molar-refractivity contribution in [3.05, 3.63) is 35.9 Å². The summed E-state index contributed by atoms with van der Waals surface area (Å²) >= 11 is 0. The predicted octanol–water partition coefficient (Wildman–Crippen LogP) is 1.40. The smallest absolute Gasteiger partial charge is 0.317 e. The first-order valence-electron chi connectivity index (χ1n) is 6.56. The number of carbonyl (C=O) groups excluding carboxylic acids is 1. The number of carbonyl (C=O) groups is 1. The summed E-state index contributed by atoms with van der Waals surface area (Å²) in [4.78, 5) is 13.2. The van der Waals surface area contributed by atoms with Crippen LogP contribution >= 0.6 is 0 Å². The van der Waals surface area contributed by atoms with Gasteiger partial charge in [-0.3, -0.25) is 0 Å². The first-order valence-corrected chi connectivity index (χ1v) is 6.56. The molecule has 4 nitrogen and oxygen atoms in total. The molecule has 0 aliphatic carbocycles. The minimum atomic E-state index is 0.0629. The van der Waals surface area contributed by atoms with E-state index in [9.17, 15) is 4.79 Å². The van der Waals surface area contributed by atoms with E-state index in [-0.39, 0.29) is 6.03 Å². The predicted molar refractivity (Wildman–Crippen MR) is 72.7 cm³/mol. The zero-order chi connectivity index (χ0) is 12.8. The van der Waals surface area contributed by atoms with Crippen LogP contribution in [0.5, 0.6) is 0 Å². The first-order chi connectivity index (χ1) is 8.77. The highest BCUT2D eigenvalue weighted by Gasteiger charge is 2.18. The Bertz CT molecular complexity index is 380. The fourth-order valence-corrected chi connectivity index (χ4v) is 2.16. The van der Waals surface area contributed by atoms with Crippen molar-refractivity contribution < 1.29 is 4.79 Å². The maximum atomic E-state index is 11.3. The minimum absolute atomic E-state index is 0.0629. The second-order valence-corrected chi connectivity index (χ2v) is 4.73. The first kappa shape index (κ1) is 12.9. The van der Waals surface area contributed by atoms with Gasteiger partial charge in [0.1, 0.15) is 0 Å². The Hall–Kier alpha value is -1.55. The van der Waals surface area contributed by atoms with E-state index in [2.05, 4.69) is 41.8 Å². The molecular formula is C14H21N3O. The molecule has 1 aliphatic rings. The van der Waals surface area contributed by atoms with Crippen molar-refractivity contribution in [1.82, 2.24) is 15.5 Å². The molecule has 2 rings (SSSR count). The van der Waals surface area contributed by atoms with Gasteiger partial charge in [-0.1, -0.05) is 37.3 Å². The lowest BCUT2D eigenvalue weighted by Gasteiger charge is -2.16. The van der Waals surface area contributed by atoms with Gasteiger partial charge in [0.2, 0.25) is 0 Å². The number of rotatable bonds is 6. The van der Waals surface area contributed by atoms with Gasteiger partial charge in [-0.25, -0.2) is 4.79 Å². The molecule has 2 N–H and O–H groups in total. The molecule has 1 aromatic carbocycles. The van der Waals surface area contributed by atoms with Crippen LogP contribution in [-0.4, -0.2) is 43.7 Å². The molecule has 1 fully saturated rings. The molecule has 1 aliphatic heterocycles. The van der Waals surface area contributed by atoms with Crippen LogP contribution < -0.4 is 10.6 Å². The lowest BCUT2D eigenvalue weighted by Crippen LogP contribution is -2.35. The molecule has 1 unspecified atom stereocenters. The highest BCUT2D eigenvalue weighted by atomic mass is 16.2. The van der Waals surface area contributed by atoms with Gasteiger partial charge >= 0.3 is 6.03 Å². The standard InChI is InChI=1S/C14H21N3O/c1-12(13-5-3-2-4-6-13)11-15-7-9-17-10-8-16-14(17)18/h2-6,12,15H,7-11H2,1H3,(H,16,18). The Kier molecular flexibility index (Phi) is 4.59. The monoisotopic (exact) mass is 247 g/mol. The highest BCUT2D eigenvalue weighted by molar-refractivity contribution is 5.76. The molecule has 1 aromatic rings. The molecule has 1 heterocycles. The van der Waals surface area contributed by atoms with Crippen LogP contribution in [0.15, 0.2) is 30.3 Å². The zero-order valence-electron chi connectivity index (χ0n) is 10.9. The summed E-state index contributed by atoms with van der Waals surface area (Å²) in [7, 11) is 0. The van der Waals surface area contributed by atoms with Gasteiger partial charge in [-0.05, 0) is 11.5 Å². The SMILES string of the molecule is CC(CNCCN1CCNC1=O)c1ccccc1. The molecule has 0 bridgehead atoms. The normalized spacial score (nSPS) is 16.7. The van der Waals surface area contributed by atoms with E-state index in [1.54, 1.807) is 0 Å². The number of nitrogens with zero attached hydrogens (tertiary/aromatic N) is 1. The molecule has 0 saturated carbocycles. The van der Waals surface area contributed by atoms with Crippen molar-refractivity contribution in [3.63, 3.8) is 0 Å². The molecule has 98 valence electrons. The molecule has 1 atom stereocenters. The molecule has 4 heteroatoms. The lowest BCUT2D eigenvalue weighted by atomic mass is 10.0. The van der Waals surface area contributed by atoms with Gasteiger partial charge in [-0.15, -0.1) is 0 Å². The van der Waals surface area contributed by atoms with Crippen molar-refractivity contribution >= 4 is 6.03 Å². The van der Waals surface area contributed by atoms with Crippen LogP contribution in [0.3, 0.4) is 0 Å². The summed E-state index contributed by atoms with van der Waals surface area (Å²) in [6.45, 7) is 6.40. The fourth-order valence-electron chi connectivity index (χ4n) is 2.16. The van der Waals surface area contributed by atoms with E-state index in [1.165, 1.54) is 5.56 Å². The molecule has 0 aromatic heterocycles. The molecule has 18 heavy (non-hydrogen) atoms. The third kappa shape index (κ3) is 3.47. The second-order valence-electron chi connectivity index (χ2n) is 4.73. The van der Waals surface area contributed by atoms with Crippen molar-refractivity contribution in [2.75, 3.05) is 32.7 Å². The van der Waals surface area contributed by atoms with E-state index in [0.717, 1.165) is 32.7 Å². The van der Waals surface area contributed by atoms with E-state index in [4.69, 9.17) is 0 Å². The van der Waals surface area contributed by atoms with Gasteiger partial charge in [0.15, 0.2) is 0 Å². The zero-order valence-corrected chi connectivity index (χ0v) is 10.9. The molecule has 2 amide bonds. The summed E-state index contributed by atoms with van der Waals surface area (Å²) in [6, 6.07) is 10.5. The van der Waals surface area contributed by atoms with Crippen molar-refractivity contribution in [2.45, 2.75) is 12.8 Å². The fraction of sp³-hybridized carbons (Fsp3) is 0.500. The van der Waals surface area contributed by atoms with Crippen LogP contribution in [0.1, 0.15) is 18.4 Å². The van der Waals surface area contributed by atoms with Crippen LogP contribution in [-0.2, 0) is 0 Å². The third-order valence-corrected chi connectivity index (χ3v) is 3.32. The van der Waals surface area contributed by atoms with E-state index in [0.29, 0.717) is 5.92 Å². The highest BCUT2D eigenvalue weighted by Crippen LogP contribution is 2.12. The molecule has 0 spiro atoms. The average Bonchev–Trinajstić information content (AvgIpc) is 2.81. The summed E-state index contributed by atoms with van der Waals surface area (Å²) in [5.74, 6) is 0.499. The maximum absolute atomic E-state index is 11.3. The Morgan fingerprint density at radius 3 is 2.83 bits per heavy atom. The second kappa shape index (κ2) is 6.40. The Morgan fingerprint density at radius 1 is 1.39 bits per heavy atom. The minimum Gasteiger partial charge on any atom is -0.336 e. The number of urea groups is 1. The third-order valence-electron chi connectivity index (χ3n) is 3.32. The molecule has 0 radical (unpaired) electrons. The maximum Gasteiger partial charge on any atom is 0.317 e. The van der Waals surface area contributed by atoms with Crippen molar-refractivity contribution in [1.29, 1.82) is 0 Å². The van der Waals surface area contributed by atoms with Gasteiger partial charge in [-0.2, -0.15) is 0 Å². The van der Waals surface area contributed by atoms with Gasteiger partial charge in [0, 0.05) is 32.7 Å². The average molecular weight is 247 g/mol. The summed E-state index contributed by atoms with van der Waals surface area (Å²) in [6.07, 6.45) is 0. The lowest BCUT2D eigenvalue weighted by molar-refractivity contribution is 0.217. The van der Waals surface area contributed by atoms with Crippen LogP contribution in [0.2, 0.25) is 0 Å². The van der Waals surface area contributed by atoms with Gasteiger partial charge in [0.05, 0.1) is 0 Å². The number of hydrogen-bond donors (Lipinski definition) is 2. The number of hydrogen-bond acceptors (Lipinski definition) is 2. The largest absolute Gasteiger partial charge is 0.336 e.